The number of halogens is 1. The van der Waals surface area contributed by atoms with E-state index >= 15 is 0 Å². The van der Waals surface area contributed by atoms with Gasteiger partial charge in [0.2, 0.25) is 5.78 Å². The van der Waals surface area contributed by atoms with Crippen LogP contribution < -0.4 is 4.74 Å². The molecule has 0 aliphatic rings. The zero-order valence-corrected chi connectivity index (χ0v) is 10.6. The first-order valence-electron chi connectivity index (χ1n) is 4.86. The number of nitrogens with zero attached hydrogens (tertiary/aromatic N) is 2. The van der Waals surface area contributed by atoms with Crippen LogP contribution in [-0.4, -0.2) is 22.9 Å². The van der Waals surface area contributed by atoms with Crippen LogP contribution in [0, 0.1) is 0 Å². The molecule has 0 bridgehead atoms. The van der Waals surface area contributed by atoms with Gasteiger partial charge in [0, 0.05) is 22.4 Å². The van der Waals surface area contributed by atoms with E-state index in [1.807, 2.05) is 0 Å². The number of ketones is 1. The summed E-state index contributed by atoms with van der Waals surface area (Å²) in [5.74, 6) is 0.353. The number of aromatic nitrogens is 2. The SMILES string of the molecule is COc1cncc(C(=O)c2ncccc2Br)c1. The second-order valence-electron chi connectivity index (χ2n) is 3.28. The molecule has 0 spiro atoms. The Bertz CT molecular complexity index is 558. The summed E-state index contributed by atoms with van der Waals surface area (Å²) in [5, 5.41) is 0. The molecule has 0 unspecified atom stereocenters. The quantitative estimate of drug-likeness (QED) is 0.816. The molecule has 17 heavy (non-hydrogen) atoms. The smallest absolute Gasteiger partial charge is 0.214 e. The van der Waals surface area contributed by atoms with Gasteiger partial charge in [-0.05, 0) is 34.1 Å². The lowest BCUT2D eigenvalue weighted by Gasteiger charge is -2.04. The molecule has 0 saturated heterocycles. The zero-order valence-electron chi connectivity index (χ0n) is 9.05. The molecule has 2 heterocycles. The van der Waals surface area contributed by atoms with Crippen LogP contribution in [0.3, 0.4) is 0 Å². The molecule has 0 amide bonds. The fourth-order valence-corrected chi connectivity index (χ4v) is 1.78. The summed E-state index contributed by atoms with van der Waals surface area (Å²) in [4.78, 5) is 20.1. The van der Waals surface area contributed by atoms with Crippen molar-refractivity contribution in [2.45, 2.75) is 0 Å². The first-order chi connectivity index (χ1) is 8.22. The molecule has 86 valence electrons. The highest BCUT2D eigenvalue weighted by Crippen LogP contribution is 2.19. The van der Waals surface area contributed by atoms with E-state index in [4.69, 9.17) is 4.74 Å². The predicted octanol–water partition coefficient (Wildman–Crippen LogP) is 2.48. The summed E-state index contributed by atoms with van der Waals surface area (Å²) in [6.07, 6.45) is 4.61. The van der Waals surface area contributed by atoms with Crippen molar-refractivity contribution in [2.75, 3.05) is 7.11 Å². The lowest BCUT2D eigenvalue weighted by Crippen LogP contribution is -2.05. The Morgan fingerprint density at radius 3 is 2.94 bits per heavy atom. The van der Waals surface area contributed by atoms with Gasteiger partial charge in [0.05, 0.1) is 13.3 Å². The van der Waals surface area contributed by atoms with Crippen molar-refractivity contribution in [3.63, 3.8) is 0 Å². The minimum Gasteiger partial charge on any atom is -0.495 e. The molecule has 0 atom stereocenters. The van der Waals surface area contributed by atoms with Gasteiger partial charge in [-0.15, -0.1) is 0 Å². The molecule has 0 radical (unpaired) electrons. The molecule has 2 aromatic rings. The van der Waals surface area contributed by atoms with Gasteiger partial charge in [-0.25, -0.2) is 0 Å². The molecule has 0 N–H and O–H groups in total. The Morgan fingerprint density at radius 1 is 1.41 bits per heavy atom. The molecule has 5 heteroatoms. The van der Waals surface area contributed by atoms with Crippen LogP contribution in [0.25, 0.3) is 0 Å². The standard InChI is InChI=1S/C12H9BrN2O2/c1-17-9-5-8(6-14-7-9)12(16)11-10(13)3-2-4-15-11/h2-7H,1H3. The van der Waals surface area contributed by atoms with Gasteiger partial charge in [-0.1, -0.05) is 0 Å². The van der Waals surface area contributed by atoms with Crippen LogP contribution in [0.2, 0.25) is 0 Å². The van der Waals surface area contributed by atoms with Crippen LogP contribution in [-0.2, 0) is 0 Å². The number of pyridine rings is 2. The van der Waals surface area contributed by atoms with Gasteiger partial charge >= 0.3 is 0 Å². The lowest BCUT2D eigenvalue weighted by atomic mass is 10.1. The highest BCUT2D eigenvalue weighted by molar-refractivity contribution is 9.10. The van der Waals surface area contributed by atoms with Gasteiger partial charge in [0.25, 0.3) is 0 Å². The predicted molar refractivity (Wildman–Crippen MR) is 66.2 cm³/mol. The molecule has 2 rings (SSSR count). The first-order valence-corrected chi connectivity index (χ1v) is 5.66. The highest BCUT2D eigenvalue weighted by atomic mass is 79.9. The van der Waals surface area contributed by atoms with Crippen molar-refractivity contribution in [3.8, 4) is 5.75 Å². The summed E-state index contributed by atoms with van der Waals surface area (Å²) in [5.41, 5.74) is 0.811. The highest BCUT2D eigenvalue weighted by Gasteiger charge is 2.14. The summed E-state index contributed by atoms with van der Waals surface area (Å²) in [6.45, 7) is 0. The molecule has 0 aliphatic heterocycles. The number of hydrogen-bond donors (Lipinski definition) is 0. The van der Waals surface area contributed by atoms with Crippen LogP contribution in [0.15, 0.2) is 41.3 Å². The van der Waals surface area contributed by atoms with Crippen LogP contribution in [0.1, 0.15) is 16.1 Å². The molecule has 2 aromatic heterocycles. The minimum atomic E-state index is -0.191. The van der Waals surface area contributed by atoms with Crippen molar-refractivity contribution < 1.29 is 9.53 Å². The average molecular weight is 293 g/mol. The van der Waals surface area contributed by atoms with Gasteiger partial charge < -0.3 is 4.74 Å². The van der Waals surface area contributed by atoms with Crippen molar-refractivity contribution in [3.05, 3.63) is 52.5 Å². The summed E-state index contributed by atoms with van der Waals surface area (Å²) < 4.78 is 5.68. The van der Waals surface area contributed by atoms with E-state index < -0.39 is 0 Å². The first kappa shape index (κ1) is 11.7. The average Bonchev–Trinajstić information content (AvgIpc) is 2.38. The number of hydrogen-bond acceptors (Lipinski definition) is 4. The van der Waals surface area contributed by atoms with Gasteiger partial charge in [0.15, 0.2) is 0 Å². The molecule has 0 aliphatic carbocycles. The maximum absolute atomic E-state index is 12.1. The van der Waals surface area contributed by atoms with Gasteiger partial charge in [-0.2, -0.15) is 0 Å². The second kappa shape index (κ2) is 5.05. The number of ether oxygens (including phenoxy) is 1. The van der Waals surface area contributed by atoms with Crippen molar-refractivity contribution in [2.24, 2.45) is 0 Å². The normalized spacial score (nSPS) is 10.0. The second-order valence-corrected chi connectivity index (χ2v) is 4.13. The Hall–Kier alpha value is -1.75. The third kappa shape index (κ3) is 2.50. The third-order valence-electron chi connectivity index (χ3n) is 2.18. The molecule has 0 fully saturated rings. The van der Waals surface area contributed by atoms with Gasteiger partial charge in [0.1, 0.15) is 11.4 Å². The molecule has 0 saturated carbocycles. The van der Waals surface area contributed by atoms with Crippen LogP contribution in [0.4, 0.5) is 0 Å². The van der Waals surface area contributed by atoms with E-state index in [1.165, 1.54) is 13.3 Å². The summed E-state index contributed by atoms with van der Waals surface area (Å²) in [6, 6.07) is 5.16. The van der Waals surface area contributed by atoms with E-state index in [2.05, 4.69) is 25.9 Å². The maximum atomic E-state index is 12.1. The van der Waals surface area contributed by atoms with Crippen molar-refractivity contribution >= 4 is 21.7 Å². The molecule has 0 aromatic carbocycles. The number of methoxy groups -OCH3 is 1. The maximum Gasteiger partial charge on any atom is 0.214 e. The molecular weight excluding hydrogens is 284 g/mol. The molecular formula is C12H9BrN2O2. The Balaban J connectivity index is 2.40. The topological polar surface area (TPSA) is 52.1 Å². The van der Waals surface area contributed by atoms with E-state index in [1.54, 1.807) is 30.6 Å². The fraction of sp³-hybridized carbons (Fsp3) is 0.0833. The van der Waals surface area contributed by atoms with Crippen LogP contribution >= 0.6 is 15.9 Å². The number of carbonyl (C=O) groups is 1. The van der Waals surface area contributed by atoms with Crippen molar-refractivity contribution in [1.82, 2.24) is 9.97 Å². The van der Waals surface area contributed by atoms with E-state index in [9.17, 15) is 4.79 Å². The Morgan fingerprint density at radius 2 is 2.24 bits per heavy atom. The van der Waals surface area contributed by atoms with E-state index in [-0.39, 0.29) is 5.78 Å². The Labute approximate surface area is 107 Å². The van der Waals surface area contributed by atoms with Crippen LogP contribution in [0.5, 0.6) is 5.75 Å². The van der Waals surface area contributed by atoms with Crippen molar-refractivity contribution in [1.29, 1.82) is 0 Å². The monoisotopic (exact) mass is 292 g/mol. The number of carbonyl (C=O) groups excluding carboxylic acids is 1. The largest absolute Gasteiger partial charge is 0.495 e. The Kier molecular flexibility index (Phi) is 3.49. The van der Waals surface area contributed by atoms with E-state index in [0.717, 1.165) is 0 Å². The summed E-state index contributed by atoms with van der Waals surface area (Å²) >= 11 is 3.29. The third-order valence-corrected chi connectivity index (χ3v) is 2.82. The lowest BCUT2D eigenvalue weighted by molar-refractivity contribution is 0.103. The zero-order chi connectivity index (χ0) is 12.3. The fourth-order valence-electron chi connectivity index (χ4n) is 1.34. The minimum absolute atomic E-state index is 0.191. The summed E-state index contributed by atoms with van der Waals surface area (Å²) in [7, 11) is 1.53. The number of rotatable bonds is 3. The molecule has 4 nitrogen and oxygen atoms in total. The van der Waals surface area contributed by atoms with E-state index in [0.29, 0.717) is 21.5 Å². The van der Waals surface area contributed by atoms with Gasteiger partial charge in [-0.3, -0.25) is 14.8 Å².